The van der Waals surface area contributed by atoms with Crippen molar-refractivity contribution in [1.82, 2.24) is 14.8 Å². The van der Waals surface area contributed by atoms with Gasteiger partial charge in [0.15, 0.2) is 4.87 Å². The Bertz CT molecular complexity index is 1380. The minimum absolute atomic E-state index is 0.168. The molecule has 7 nitrogen and oxygen atoms in total. The van der Waals surface area contributed by atoms with Crippen molar-refractivity contribution in [1.29, 1.82) is 0 Å². The lowest BCUT2D eigenvalue weighted by molar-refractivity contribution is -0.165. The van der Waals surface area contributed by atoms with Crippen LogP contribution in [0.2, 0.25) is 0 Å². The number of nitrogens with one attached hydrogen (secondary N) is 2. The SMILES string of the molecule is CN1C(=O)[C@]23SSS[C@@]1(C)C(=O)N2[C@H]1Nc2ccccc2[C@]1(c1c[nH]c2ccccc12)[C@@H]3O. The highest BCUT2D eigenvalue weighted by Crippen LogP contribution is 2.69. The number of carbonyl (C=O) groups is 2. The number of nitrogens with zero attached hydrogens (tertiary/aromatic N) is 2. The van der Waals surface area contributed by atoms with Gasteiger partial charge in [-0.1, -0.05) is 36.4 Å². The Morgan fingerprint density at radius 3 is 2.61 bits per heavy atom. The molecule has 2 bridgehead atoms. The number of piperazine rings is 1. The summed E-state index contributed by atoms with van der Waals surface area (Å²) >= 11 is 0. The van der Waals surface area contributed by atoms with Gasteiger partial charge in [0.25, 0.3) is 11.8 Å². The number of aliphatic hydroxyl groups excluding tert-OH is 1. The van der Waals surface area contributed by atoms with Crippen LogP contribution in [0.15, 0.2) is 54.7 Å². The van der Waals surface area contributed by atoms with Crippen molar-refractivity contribution < 1.29 is 14.7 Å². The molecule has 6 heterocycles. The van der Waals surface area contributed by atoms with E-state index in [1.807, 2.05) is 54.7 Å². The van der Waals surface area contributed by atoms with Crippen LogP contribution in [-0.2, 0) is 15.0 Å². The van der Waals surface area contributed by atoms with Crippen molar-refractivity contribution >= 4 is 59.8 Å². The smallest absolute Gasteiger partial charge is 0.264 e. The van der Waals surface area contributed by atoms with Gasteiger partial charge in [0.2, 0.25) is 4.87 Å². The number of benzene rings is 2. The van der Waals surface area contributed by atoms with Gasteiger partial charge in [0, 0.05) is 29.8 Å². The van der Waals surface area contributed by atoms with Crippen molar-refractivity contribution in [3.63, 3.8) is 0 Å². The molecule has 3 N–H and O–H groups in total. The molecule has 5 aliphatic rings. The molecule has 5 aliphatic heterocycles. The maximum Gasteiger partial charge on any atom is 0.264 e. The minimum atomic E-state index is -1.44. The monoisotopic (exact) mass is 496 g/mol. The van der Waals surface area contributed by atoms with Crippen LogP contribution >= 0.6 is 31.4 Å². The second-order valence-electron chi connectivity index (χ2n) is 9.07. The Labute approximate surface area is 201 Å². The zero-order chi connectivity index (χ0) is 22.8. The first-order valence-electron chi connectivity index (χ1n) is 10.6. The van der Waals surface area contributed by atoms with Crippen LogP contribution in [0.5, 0.6) is 0 Å². The quantitative estimate of drug-likeness (QED) is 0.446. The van der Waals surface area contributed by atoms with Crippen molar-refractivity contribution in [2.24, 2.45) is 0 Å². The van der Waals surface area contributed by atoms with Gasteiger partial charge in [-0.25, -0.2) is 0 Å². The van der Waals surface area contributed by atoms with Gasteiger partial charge in [-0.15, -0.1) is 0 Å². The highest BCUT2D eigenvalue weighted by atomic mass is 33.5. The fourth-order valence-corrected chi connectivity index (χ4v) is 12.0. The van der Waals surface area contributed by atoms with Gasteiger partial charge in [-0.2, -0.15) is 0 Å². The minimum Gasteiger partial charge on any atom is -0.388 e. The second kappa shape index (κ2) is 6.24. The Morgan fingerprint density at radius 2 is 1.76 bits per heavy atom. The summed E-state index contributed by atoms with van der Waals surface area (Å²) in [4.78, 5) is 32.1. The normalized spacial score (nSPS) is 36.6. The Kier molecular flexibility index (Phi) is 3.80. The highest BCUT2D eigenvalue weighted by Gasteiger charge is 2.80. The van der Waals surface area contributed by atoms with Gasteiger partial charge in [0.1, 0.15) is 12.3 Å². The Balaban J connectivity index is 1.59. The summed E-state index contributed by atoms with van der Waals surface area (Å²) in [5.74, 6) is -0.411. The number of rotatable bonds is 1. The van der Waals surface area contributed by atoms with E-state index in [2.05, 4.69) is 10.3 Å². The number of hydrogen-bond donors (Lipinski definition) is 3. The van der Waals surface area contributed by atoms with Gasteiger partial charge in [0.05, 0.1) is 5.41 Å². The van der Waals surface area contributed by atoms with E-state index in [0.717, 1.165) is 27.7 Å². The molecule has 4 saturated heterocycles. The molecule has 33 heavy (non-hydrogen) atoms. The summed E-state index contributed by atoms with van der Waals surface area (Å²) in [7, 11) is 5.73. The van der Waals surface area contributed by atoms with E-state index in [4.69, 9.17) is 0 Å². The Morgan fingerprint density at radius 1 is 1.00 bits per heavy atom. The molecule has 8 rings (SSSR count). The van der Waals surface area contributed by atoms with Crippen molar-refractivity contribution in [3.8, 4) is 0 Å². The molecule has 10 heteroatoms. The second-order valence-corrected chi connectivity index (χ2v) is 13.6. The molecule has 2 amide bonds. The van der Waals surface area contributed by atoms with Crippen LogP contribution in [0.1, 0.15) is 18.1 Å². The molecule has 0 radical (unpaired) electrons. The topological polar surface area (TPSA) is 88.7 Å². The predicted molar refractivity (Wildman–Crippen MR) is 132 cm³/mol. The largest absolute Gasteiger partial charge is 0.388 e. The standard InChI is InChI=1S/C23H20N4O3S3/c1-21-19(29)27-18-22(13-8-4-6-10-16(13)25-18,14-11-24-15-9-5-3-7-12(14)15)17(28)23(27,32-33-31-21)20(30)26(21)2/h3-11,17-18,24-25,28H,1-2H3/t17-,18+,21-,22-,23-/m0/s1. The molecule has 168 valence electrons. The first-order valence-corrected chi connectivity index (χ1v) is 14.1. The number of amides is 2. The van der Waals surface area contributed by atoms with Crippen LogP contribution in [0.3, 0.4) is 0 Å². The molecular weight excluding hydrogens is 476 g/mol. The Hall–Kier alpha value is -2.27. The van der Waals surface area contributed by atoms with Crippen molar-refractivity contribution in [2.45, 2.75) is 34.4 Å². The molecule has 1 aromatic heterocycles. The fourth-order valence-electron chi connectivity index (χ4n) is 6.07. The fraction of sp³-hybridized carbons (Fsp3) is 0.304. The lowest BCUT2D eigenvalue weighted by atomic mass is 9.70. The summed E-state index contributed by atoms with van der Waals surface area (Å²) < 4.78 is 0. The van der Waals surface area contributed by atoms with E-state index in [1.165, 1.54) is 36.3 Å². The number of hydrogen-bond acceptors (Lipinski definition) is 7. The number of anilines is 1. The average Bonchev–Trinajstić information content (AvgIpc) is 3.41. The molecular formula is C23H20N4O3S3. The zero-order valence-corrected chi connectivity index (χ0v) is 20.2. The van der Waals surface area contributed by atoms with Gasteiger partial charge < -0.3 is 20.3 Å². The average molecular weight is 497 g/mol. The maximum absolute atomic E-state index is 14.1. The first kappa shape index (κ1) is 20.1. The molecule has 4 fully saturated rings. The zero-order valence-electron chi connectivity index (χ0n) is 17.7. The van der Waals surface area contributed by atoms with E-state index in [0.29, 0.717) is 0 Å². The van der Waals surface area contributed by atoms with Gasteiger partial charge >= 0.3 is 0 Å². The third kappa shape index (κ3) is 2.01. The summed E-state index contributed by atoms with van der Waals surface area (Å²) in [5.41, 5.74) is 2.56. The summed E-state index contributed by atoms with van der Waals surface area (Å²) in [6.45, 7) is 1.79. The third-order valence-corrected chi connectivity index (χ3v) is 12.9. The molecule has 3 aromatic rings. The number of H-pyrrole nitrogens is 1. The van der Waals surface area contributed by atoms with E-state index in [1.54, 1.807) is 18.9 Å². The summed E-state index contributed by atoms with van der Waals surface area (Å²) in [5, 5.41) is 16.9. The van der Waals surface area contributed by atoms with Gasteiger partial charge in [-0.3, -0.25) is 14.5 Å². The van der Waals surface area contributed by atoms with E-state index in [9.17, 15) is 14.7 Å². The number of para-hydroxylation sites is 2. The number of aromatic amines is 1. The molecule has 0 saturated carbocycles. The van der Waals surface area contributed by atoms with E-state index < -0.39 is 27.4 Å². The first-order chi connectivity index (χ1) is 15.9. The van der Waals surface area contributed by atoms with Crippen LogP contribution in [0.25, 0.3) is 10.9 Å². The summed E-state index contributed by atoms with van der Waals surface area (Å²) in [6, 6.07) is 15.8. The van der Waals surface area contributed by atoms with Crippen LogP contribution in [0.4, 0.5) is 5.69 Å². The van der Waals surface area contributed by atoms with Gasteiger partial charge in [-0.05, 0) is 61.6 Å². The van der Waals surface area contributed by atoms with Crippen molar-refractivity contribution in [2.75, 3.05) is 12.4 Å². The van der Waals surface area contributed by atoms with Crippen molar-refractivity contribution in [3.05, 3.63) is 65.9 Å². The lowest BCUT2D eigenvalue weighted by Crippen LogP contribution is -2.73. The van der Waals surface area contributed by atoms with E-state index in [-0.39, 0.29) is 11.8 Å². The number of aliphatic hydroxyl groups is 1. The number of fused-ring (bicyclic) bond motifs is 7. The third-order valence-electron chi connectivity index (χ3n) is 7.77. The molecule has 1 spiro atoms. The predicted octanol–water partition coefficient (Wildman–Crippen LogP) is 3.34. The molecule has 0 unspecified atom stereocenters. The van der Waals surface area contributed by atoms with Crippen LogP contribution in [-0.4, -0.2) is 60.8 Å². The van der Waals surface area contributed by atoms with E-state index >= 15 is 0 Å². The maximum atomic E-state index is 14.1. The molecule has 0 aliphatic carbocycles. The lowest BCUT2D eigenvalue weighted by Gasteiger charge is -2.49. The number of carbonyl (C=O) groups excluding carboxylic acids is 2. The molecule has 5 atom stereocenters. The number of aromatic nitrogens is 1. The van der Waals surface area contributed by atoms with Crippen LogP contribution < -0.4 is 5.32 Å². The van der Waals surface area contributed by atoms with Crippen LogP contribution in [0, 0.1) is 0 Å². The highest BCUT2D eigenvalue weighted by molar-refractivity contribution is 9.10. The summed E-state index contributed by atoms with van der Waals surface area (Å²) in [6.07, 6.45) is 0.137. The molecule has 2 aromatic carbocycles. The number of likely N-dealkylation sites (N-methyl/N-ethyl adjacent to an activating group) is 1.